The summed E-state index contributed by atoms with van der Waals surface area (Å²) in [7, 11) is 0. The van der Waals surface area contributed by atoms with Crippen molar-refractivity contribution in [1.29, 1.82) is 0 Å². The van der Waals surface area contributed by atoms with Gasteiger partial charge in [-0.15, -0.1) is 0 Å². The van der Waals surface area contributed by atoms with Gasteiger partial charge in [0.1, 0.15) is 6.10 Å². The largest absolute Gasteiger partial charge is 0.457 e. The van der Waals surface area contributed by atoms with Crippen LogP contribution in [0.2, 0.25) is 0 Å². The molecule has 0 heterocycles. The number of carbonyl (C=O) groups is 1. The average molecular weight is 244 g/mol. The number of ether oxygens (including phenoxy) is 1. The number of esters is 1. The van der Waals surface area contributed by atoms with E-state index in [9.17, 15) is 9.59 Å². The minimum atomic E-state index is -0.426. The number of benzene rings is 1. The zero-order chi connectivity index (χ0) is 13.3. The van der Waals surface area contributed by atoms with Crippen LogP contribution in [0.5, 0.6) is 0 Å². The van der Waals surface area contributed by atoms with Crippen molar-refractivity contribution in [3.8, 4) is 11.1 Å². The second kappa shape index (κ2) is 4.77. The third kappa shape index (κ3) is 2.35. The van der Waals surface area contributed by atoms with Crippen LogP contribution < -0.4 is 5.43 Å². The summed E-state index contributed by atoms with van der Waals surface area (Å²) in [4.78, 5) is 23.0. The Morgan fingerprint density at radius 3 is 2.28 bits per heavy atom. The van der Waals surface area contributed by atoms with Crippen molar-refractivity contribution in [2.24, 2.45) is 5.92 Å². The molecule has 0 aliphatic rings. The lowest BCUT2D eigenvalue weighted by Gasteiger charge is -2.16. The van der Waals surface area contributed by atoms with Gasteiger partial charge in [-0.25, -0.2) is 0 Å². The molecule has 0 aromatic heterocycles. The minimum Gasteiger partial charge on any atom is -0.457 e. The molecule has 0 saturated heterocycles. The maximum Gasteiger partial charge on any atom is 0.303 e. The lowest BCUT2D eigenvalue weighted by Crippen LogP contribution is -2.13. The second-order valence-corrected chi connectivity index (χ2v) is 4.76. The van der Waals surface area contributed by atoms with E-state index in [2.05, 4.69) is 0 Å². The van der Waals surface area contributed by atoms with Crippen molar-refractivity contribution < 1.29 is 9.53 Å². The summed E-state index contributed by atoms with van der Waals surface area (Å²) in [5.74, 6) is -0.262. The van der Waals surface area contributed by atoms with E-state index in [0.29, 0.717) is 11.1 Å². The molecule has 0 amide bonds. The van der Waals surface area contributed by atoms with E-state index in [1.165, 1.54) is 6.92 Å². The zero-order valence-electron chi connectivity index (χ0n) is 10.8. The highest BCUT2D eigenvalue weighted by atomic mass is 16.5. The summed E-state index contributed by atoms with van der Waals surface area (Å²) in [5, 5.41) is 0. The van der Waals surface area contributed by atoms with Crippen molar-refractivity contribution in [2.45, 2.75) is 26.9 Å². The Morgan fingerprint density at radius 1 is 1.17 bits per heavy atom. The maximum absolute atomic E-state index is 11.9. The molecule has 0 radical (unpaired) electrons. The highest BCUT2D eigenvalue weighted by molar-refractivity contribution is 5.77. The molecule has 0 N–H and O–H groups in total. The van der Waals surface area contributed by atoms with Crippen LogP contribution in [0, 0.1) is 5.92 Å². The zero-order valence-corrected chi connectivity index (χ0v) is 10.8. The summed E-state index contributed by atoms with van der Waals surface area (Å²) in [6.45, 7) is 5.24. The van der Waals surface area contributed by atoms with Gasteiger partial charge < -0.3 is 4.74 Å². The molecule has 0 bridgehead atoms. The molecular formula is C15H16O3. The molecule has 2 aromatic carbocycles. The van der Waals surface area contributed by atoms with E-state index in [-0.39, 0.29) is 17.3 Å². The molecule has 94 valence electrons. The SMILES string of the molecule is CC(=O)OC(c1c(-c2ccccc2)c1=O)C(C)C. The molecule has 0 spiro atoms. The molecule has 0 aliphatic carbocycles. The summed E-state index contributed by atoms with van der Waals surface area (Å²) < 4.78 is 5.24. The van der Waals surface area contributed by atoms with E-state index in [1.54, 1.807) is 0 Å². The molecule has 1 unspecified atom stereocenters. The highest BCUT2D eigenvalue weighted by Crippen LogP contribution is 2.36. The van der Waals surface area contributed by atoms with Gasteiger partial charge in [0.05, 0.1) is 5.56 Å². The van der Waals surface area contributed by atoms with Crippen LogP contribution in [0.3, 0.4) is 0 Å². The third-order valence-electron chi connectivity index (χ3n) is 2.92. The first-order valence-electron chi connectivity index (χ1n) is 6.04. The van der Waals surface area contributed by atoms with E-state index in [4.69, 9.17) is 4.74 Å². The Labute approximate surface area is 106 Å². The lowest BCUT2D eigenvalue weighted by molar-refractivity contribution is -0.148. The van der Waals surface area contributed by atoms with Crippen LogP contribution in [-0.4, -0.2) is 5.97 Å². The summed E-state index contributed by atoms with van der Waals surface area (Å²) in [6.07, 6.45) is -0.426. The average Bonchev–Trinajstić information content (AvgIpc) is 2.98. The number of carbonyl (C=O) groups excluding carboxylic acids is 1. The fraction of sp³-hybridized carbons (Fsp3) is 0.333. The van der Waals surface area contributed by atoms with Gasteiger partial charge in [0, 0.05) is 12.5 Å². The van der Waals surface area contributed by atoms with Gasteiger partial charge >= 0.3 is 5.97 Å². The van der Waals surface area contributed by atoms with E-state index < -0.39 is 6.10 Å². The van der Waals surface area contributed by atoms with Gasteiger partial charge in [0.25, 0.3) is 0 Å². The van der Waals surface area contributed by atoms with Crippen LogP contribution >= 0.6 is 0 Å². The van der Waals surface area contributed by atoms with Gasteiger partial charge in [0.2, 0.25) is 0 Å². The Bertz CT molecular complexity index is 560. The van der Waals surface area contributed by atoms with Gasteiger partial charge in [-0.2, -0.15) is 0 Å². The van der Waals surface area contributed by atoms with Gasteiger partial charge in [-0.3, -0.25) is 9.59 Å². The molecule has 3 nitrogen and oxygen atoms in total. The first-order valence-corrected chi connectivity index (χ1v) is 6.04. The molecule has 0 aliphatic heterocycles. The first-order chi connectivity index (χ1) is 8.52. The smallest absolute Gasteiger partial charge is 0.303 e. The standard InChI is InChI=1S/C15H16O3/c1-9(2)15(18-10(3)16)13-12(14(13)17)11-7-5-4-6-8-11/h4-9,15H,1-3H3. The summed E-state index contributed by atoms with van der Waals surface area (Å²) >= 11 is 0. The van der Waals surface area contributed by atoms with Gasteiger partial charge in [0.15, 0.2) is 5.43 Å². The van der Waals surface area contributed by atoms with Crippen molar-refractivity contribution in [1.82, 2.24) is 0 Å². The van der Waals surface area contributed by atoms with Crippen LogP contribution in [0.4, 0.5) is 0 Å². The lowest BCUT2D eigenvalue weighted by atomic mass is 10.0. The van der Waals surface area contributed by atoms with Crippen molar-refractivity contribution >= 4 is 5.97 Å². The number of rotatable bonds is 4. The predicted octanol–water partition coefficient (Wildman–Crippen LogP) is 2.85. The number of hydrogen-bond acceptors (Lipinski definition) is 3. The van der Waals surface area contributed by atoms with Crippen molar-refractivity contribution in [3.63, 3.8) is 0 Å². The maximum atomic E-state index is 11.9. The molecule has 0 saturated carbocycles. The fourth-order valence-electron chi connectivity index (χ4n) is 2.05. The Morgan fingerprint density at radius 2 is 1.78 bits per heavy atom. The highest BCUT2D eigenvalue weighted by Gasteiger charge is 2.34. The quantitative estimate of drug-likeness (QED) is 0.777. The summed E-state index contributed by atoms with van der Waals surface area (Å²) in [5.41, 5.74) is 2.26. The van der Waals surface area contributed by atoms with Crippen LogP contribution in [-0.2, 0) is 9.53 Å². The van der Waals surface area contributed by atoms with Gasteiger partial charge in [-0.1, -0.05) is 44.2 Å². The monoisotopic (exact) mass is 244 g/mol. The van der Waals surface area contributed by atoms with Crippen molar-refractivity contribution in [2.75, 3.05) is 0 Å². The summed E-state index contributed by atoms with van der Waals surface area (Å²) in [6, 6.07) is 9.48. The normalized spacial score (nSPS) is 12.9. The fourth-order valence-corrected chi connectivity index (χ4v) is 2.05. The topological polar surface area (TPSA) is 43.4 Å². The minimum absolute atomic E-state index is 0.0150. The molecule has 2 aromatic rings. The third-order valence-corrected chi connectivity index (χ3v) is 2.92. The molecule has 3 heteroatoms. The molecule has 18 heavy (non-hydrogen) atoms. The van der Waals surface area contributed by atoms with Crippen LogP contribution in [0.1, 0.15) is 32.4 Å². The Kier molecular flexibility index (Phi) is 3.32. The molecular weight excluding hydrogens is 228 g/mol. The second-order valence-electron chi connectivity index (χ2n) is 4.76. The van der Waals surface area contributed by atoms with Crippen LogP contribution in [0.25, 0.3) is 11.1 Å². The van der Waals surface area contributed by atoms with E-state index >= 15 is 0 Å². The first kappa shape index (κ1) is 12.6. The molecule has 2 rings (SSSR count). The number of hydrogen-bond donors (Lipinski definition) is 0. The Balaban J connectivity index is 2.30. The van der Waals surface area contributed by atoms with Crippen molar-refractivity contribution in [3.05, 3.63) is 46.1 Å². The van der Waals surface area contributed by atoms with E-state index in [1.807, 2.05) is 44.2 Å². The van der Waals surface area contributed by atoms with Gasteiger partial charge in [-0.05, 0) is 11.5 Å². The van der Waals surface area contributed by atoms with Crippen LogP contribution in [0.15, 0.2) is 35.1 Å². The molecule has 1 atom stereocenters. The Hall–Kier alpha value is -1.90. The predicted molar refractivity (Wildman–Crippen MR) is 69.9 cm³/mol. The van der Waals surface area contributed by atoms with E-state index in [0.717, 1.165) is 5.56 Å². The molecule has 0 fully saturated rings.